The third kappa shape index (κ3) is 5.74. The van der Waals surface area contributed by atoms with Gasteiger partial charge in [0.05, 0.1) is 5.02 Å². The zero-order chi connectivity index (χ0) is 16.8. The summed E-state index contributed by atoms with van der Waals surface area (Å²) in [6.07, 6.45) is 11.0. The summed E-state index contributed by atoms with van der Waals surface area (Å²) in [6, 6.07) is 4.12. The molecule has 0 bridgehead atoms. The number of allylic oxidation sites excluding steroid dienone is 2. The molecule has 2 N–H and O–H groups in total. The smallest absolute Gasteiger partial charge is 0.191 e. The van der Waals surface area contributed by atoms with Gasteiger partial charge in [-0.25, -0.2) is 4.98 Å². The van der Waals surface area contributed by atoms with E-state index in [-0.39, 0.29) is 24.0 Å². The van der Waals surface area contributed by atoms with Gasteiger partial charge in [-0.2, -0.15) is 0 Å². The van der Waals surface area contributed by atoms with Crippen molar-refractivity contribution in [1.82, 2.24) is 15.6 Å². The van der Waals surface area contributed by atoms with Crippen molar-refractivity contribution >= 4 is 47.4 Å². The molecule has 5 nitrogen and oxygen atoms in total. The van der Waals surface area contributed by atoms with E-state index in [1.54, 1.807) is 6.20 Å². The van der Waals surface area contributed by atoms with Crippen LogP contribution in [0.3, 0.4) is 0 Å². The largest absolute Gasteiger partial charge is 0.356 e. The zero-order valence-corrected chi connectivity index (χ0v) is 17.7. The highest BCUT2D eigenvalue weighted by Gasteiger charge is 2.25. The summed E-state index contributed by atoms with van der Waals surface area (Å²) in [5, 5.41) is 7.72. The summed E-state index contributed by atoms with van der Waals surface area (Å²) >= 11 is 6.25. The number of guanidine groups is 1. The lowest BCUT2D eigenvalue weighted by molar-refractivity contribution is 0.468. The van der Waals surface area contributed by atoms with E-state index in [0.29, 0.717) is 17.0 Å². The number of rotatable bonds is 4. The Labute approximate surface area is 172 Å². The Bertz CT molecular complexity index is 607. The van der Waals surface area contributed by atoms with E-state index in [9.17, 15) is 0 Å². The molecule has 1 fully saturated rings. The maximum absolute atomic E-state index is 6.25. The van der Waals surface area contributed by atoms with Crippen molar-refractivity contribution in [1.29, 1.82) is 0 Å². The Hall–Kier alpha value is -1.02. The predicted octanol–water partition coefficient (Wildman–Crippen LogP) is 3.45. The Morgan fingerprint density at radius 2 is 2.28 bits per heavy atom. The van der Waals surface area contributed by atoms with Gasteiger partial charge < -0.3 is 15.5 Å². The van der Waals surface area contributed by atoms with Crippen molar-refractivity contribution in [3.05, 3.63) is 35.5 Å². The van der Waals surface area contributed by atoms with Crippen LogP contribution in [0.15, 0.2) is 35.5 Å². The van der Waals surface area contributed by atoms with Gasteiger partial charge in [0.2, 0.25) is 0 Å². The summed E-state index contributed by atoms with van der Waals surface area (Å²) in [5.74, 6) is 2.48. The molecule has 1 aliphatic carbocycles. The van der Waals surface area contributed by atoms with Crippen LogP contribution in [0.25, 0.3) is 0 Å². The highest BCUT2D eigenvalue weighted by Crippen LogP contribution is 2.25. The number of nitrogens with zero attached hydrogens (tertiary/aromatic N) is 3. The summed E-state index contributed by atoms with van der Waals surface area (Å²) < 4.78 is 0. The molecule has 1 saturated heterocycles. The second-order valence-corrected chi connectivity index (χ2v) is 6.90. The lowest BCUT2D eigenvalue weighted by Crippen LogP contribution is -2.46. The van der Waals surface area contributed by atoms with Crippen LogP contribution in [-0.4, -0.2) is 43.7 Å². The minimum absolute atomic E-state index is 0. The monoisotopic (exact) mass is 475 g/mol. The molecule has 2 heterocycles. The van der Waals surface area contributed by atoms with Crippen molar-refractivity contribution in [3.63, 3.8) is 0 Å². The van der Waals surface area contributed by atoms with Gasteiger partial charge in [0.25, 0.3) is 0 Å². The minimum atomic E-state index is 0. The first-order valence-corrected chi connectivity index (χ1v) is 9.11. The van der Waals surface area contributed by atoms with Crippen LogP contribution in [0.2, 0.25) is 5.02 Å². The molecule has 25 heavy (non-hydrogen) atoms. The van der Waals surface area contributed by atoms with E-state index in [1.165, 1.54) is 19.3 Å². The van der Waals surface area contributed by atoms with Crippen LogP contribution in [0.5, 0.6) is 0 Å². The first-order chi connectivity index (χ1) is 11.8. The molecule has 1 aliphatic heterocycles. The van der Waals surface area contributed by atoms with Gasteiger partial charge in [0, 0.05) is 38.9 Å². The topological polar surface area (TPSA) is 52.6 Å². The second-order valence-electron chi connectivity index (χ2n) is 6.49. The third-order valence-electron chi connectivity index (χ3n) is 4.73. The number of halogens is 2. The SMILES string of the molecule is CN=C(NCC1CC=CCC1)NC1CCN(c2ncccc2Cl)C1.I. The van der Waals surface area contributed by atoms with E-state index in [0.717, 1.165) is 37.8 Å². The summed E-state index contributed by atoms with van der Waals surface area (Å²) in [5.41, 5.74) is 0. The lowest BCUT2D eigenvalue weighted by Gasteiger charge is -2.22. The predicted molar refractivity (Wildman–Crippen MR) is 116 cm³/mol. The average Bonchev–Trinajstić information content (AvgIpc) is 3.08. The number of aromatic nitrogens is 1. The first kappa shape index (κ1) is 20.3. The molecule has 2 unspecified atom stereocenters. The van der Waals surface area contributed by atoms with Gasteiger partial charge in [-0.3, -0.25) is 4.99 Å². The molecule has 3 rings (SSSR count). The molecule has 7 heteroatoms. The molecular weight excluding hydrogens is 449 g/mol. The Morgan fingerprint density at radius 1 is 1.40 bits per heavy atom. The Kier molecular flexibility index (Phi) is 8.29. The quantitative estimate of drug-likeness (QED) is 0.303. The van der Waals surface area contributed by atoms with Crippen LogP contribution in [0.1, 0.15) is 25.7 Å². The normalized spacial score (nSPS) is 23.3. The number of hydrogen-bond acceptors (Lipinski definition) is 3. The van der Waals surface area contributed by atoms with E-state index in [1.807, 2.05) is 19.2 Å². The van der Waals surface area contributed by atoms with Gasteiger partial charge in [-0.1, -0.05) is 23.8 Å². The number of anilines is 1. The molecule has 1 aromatic heterocycles. The Balaban J connectivity index is 0.00000225. The fraction of sp³-hybridized carbons (Fsp3) is 0.556. The van der Waals surface area contributed by atoms with Crippen molar-refractivity contribution in [2.45, 2.75) is 31.7 Å². The van der Waals surface area contributed by atoms with E-state index in [2.05, 4.69) is 37.7 Å². The highest BCUT2D eigenvalue weighted by molar-refractivity contribution is 14.0. The van der Waals surface area contributed by atoms with Crippen LogP contribution in [-0.2, 0) is 0 Å². The Morgan fingerprint density at radius 3 is 3.00 bits per heavy atom. The molecule has 0 spiro atoms. The molecular formula is C18H27ClIN5. The van der Waals surface area contributed by atoms with Gasteiger partial charge in [-0.15, -0.1) is 24.0 Å². The van der Waals surface area contributed by atoms with E-state index >= 15 is 0 Å². The molecule has 138 valence electrons. The summed E-state index contributed by atoms with van der Waals surface area (Å²) in [7, 11) is 1.83. The maximum atomic E-state index is 6.25. The summed E-state index contributed by atoms with van der Waals surface area (Å²) in [4.78, 5) is 11.0. The molecule has 0 saturated carbocycles. The molecule has 2 atom stereocenters. The molecule has 2 aliphatic rings. The maximum Gasteiger partial charge on any atom is 0.191 e. The van der Waals surface area contributed by atoms with Crippen LogP contribution < -0.4 is 15.5 Å². The molecule has 0 amide bonds. The highest BCUT2D eigenvalue weighted by atomic mass is 127. The van der Waals surface area contributed by atoms with E-state index < -0.39 is 0 Å². The van der Waals surface area contributed by atoms with Crippen LogP contribution >= 0.6 is 35.6 Å². The van der Waals surface area contributed by atoms with Crippen molar-refractivity contribution in [2.24, 2.45) is 10.9 Å². The van der Waals surface area contributed by atoms with Crippen molar-refractivity contribution < 1.29 is 0 Å². The van der Waals surface area contributed by atoms with Crippen molar-refractivity contribution in [2.75, 3.05) is 31.6 Å². The molecule has 0 radical (unpaired) electrons. The van der Waals surface area contributed by atoms with Crippen LogP contribution in [0.4, 0.5) is 5.82 Å². The standard InChI is InChI=1S/C18H26ClN5.HI/c1-20-18(22-12-14-6-3-2-4-7-14)23-15-9-11-24(13-15)17-16(19)8-5-10-21-17;/h2-3,5,8,10,14-15H,4,6-7,9,11-13H2,1H3,(H2,20,22,23);1H. The van der Waals surface area contributed by atoms with Gasteiger partial charge in [0.15, 0.2) is 5.96 Å². The second kappa shape index (κ2) is 10.2. The zero-order valence-electron chi connectivity index (χ0n) is 14.6. The fourth-order valence-electron chi connectivity index (χ4n) is 3.35. The average molecular weight is 476 g/mol. The summed E-state index contributed by atoms with van der Waals surface area (Å²) in [6.45, 7) is 2.83. The van der Waals surface area contributed by atoms with Crippen LogP contribution in [0, 0.1) is 5.92 Å². The number of hydrogen-bond donors (Lipinski definition) is 2. The first-order valence-electron chi connectivity index (χ1n) is 8.74. The van der Waals surface area contributed by atoms with E-state index in [4.69, 9.17) is 11.6 Å². The van der Waals surface area contributed by atoms with Gasteiger partial charge >= 0.3 is 0 Å². The van der Waals surface area contributed by atoms with Gasteiger partial charge in [-0.05, 0) is 43.7 Å². The number of aliphatic imine (C=N–C) groups is 1. The third-order valence-corrected chi connectivity index (χ3v) is 5.02. The lowest BCUT2D eigenvalue weighted by atomic mass is 9.94. The van der Waals surface area contributed by atoms with Gasteiger partial charge in [0.1, 0.15) is 5.82 Å². The fourth-order valence-corrected chi connectivity index (χ4v) is 3.59. The minimum Gasteiger partial charge on any atom is -0.356 e. The van der Waals surface area contributed by atoms with Crippen molar-refractivity contribution in [3.8, 4) is 0 Å². The molecule has 1 aromatic rings. The number of pyridine rings is 1. The molecule has 0 aromatic carbocycles. The number of nitrogens with one attached hydrogen (secondary N) is 2.